The van der Waals surface area contributed by atoms with Crippen LogP contribution in [0.1, 0.15) is 25.0 Å². The third-order valence-corrected chi connectivity index (χ3v) is 7.22. The second-order valence-corrected chi connectivity index (χ2v) is 10.0. The zero-order valence-corrected chi connectivity index (χ0v) is 16.3. The summed E-state index contributed by atoms with van der Waals surface area (Å²) >= 11 is 6.45. The molecule has 1 aromatic rings. The van der Waals surface area contributed by atoms with Crippen LogP contribution in [-0.4, -0.2) is 53.5 Å². The summed E-state index contributed by atoms with van der Waals surface area (Å²) in [7, 11) is -3.02. The third kappa shape index (κ3) is 4.74. The van der Waals surface area contributed by atoms with E-state index >= 15 is 0 Å². The molecule has 0 aromatic carbocycles. The predicted octanol–water partition coefficient (Wildman–Crippen LogP) is 1.56. The van der Waals surface area contributed by atoms with Gasteiger partial charge in [-0.15, -0.1) is 0 Å². The number of nitrogens with zero attached hydrogens (tertiary/aromatic N) is 1. The van der Waals surface area contributed by atoms with Crippen molar-refractivity contribution in [3.05, 3.63) is 29.1 Å². The lowest BCUT2D eigenvalue weighted by Crippen LogP contribution is -2.36. The molecular weight excluding hydrogens is 396 g/mol. The van der Waals surface area contributed by atoms with E-state index in [1.54, 1.807) is 18.2 Å². The number of sulfone groups is 1. The summed E-state index contributed by atoms with van der Waals surface area (Å²) in [6.45, 7) is 0.344. The van der Waals surface area contributed by atoms with E-state index in [4.69, 9.17) is 16.6 Å². The molecule has 0 spiro atoms. The third-order valence-electron chi connectivity index (χ3n) is 4.07. The van der Waals surface area contributed by atoms with Crippen LogP contribution in [0.2, 0.25) is 0 Å². The standard InChI is InChI=1S/C16H18N2O5S3/c19-14(17-11-5-8-26(21,22)10-11)4-1-6-18-15(20)13(25-16(18)24)9-12-3-2-7-23-12/h2-3,7,9,11H,1,4-6,8,10H2,(H,17,19)/b13-9-. The highest BCUT2D eigenvalue weighted by atomic mass is 32.2. The molecule has 1 unspecified atom stereocenters. The molecule has 1 atom stereocenters. The highest BCUT2D eigenvalue weighted by molar-refractivity contribution is 8.26. The maximum absolute atomic E-state index is 12.4. The van der Waals surface area contributed by atoms with Gasteiger partial charge in [0.1, 0.15) is 10.1 Å². The molecule has 2 aliphatic rings. The van der Waals surface area contributed by atoms with Crippen molar-refractivity contribution in [3.8, 4) is 0 Å². The van der Waals surface area contributed by atoms with Gasteiger partial charge in [0, 0.05) is 25.1 Å². The van der Waals surface area contributed by atoms with E-state index in [-0.39, 0.29) is 35.8 Å². The highest BCUT2D eigenvalue weighted by Crippen LogP contribution is 2.32. The average molecular weight is 415 g/mol. The molecule has 140 valence electrons. The van der Waals surface area contributed by atoms with Crippen LogP contribution in [0.4, 0.5) is 0 Å². The molecule has 3 heterocycles. The number of hydrogen-bond acceptors (Lipinski definition) is 7. The SMILES string of the molecule is O=C(CCCN1C(=O)/C(=C/c2ccco2)SC1=S)NC1CCS(=O)(=O)C1. The van der Waals surface area contributed by atoms with Crippen molar-refractivity contribution in [2.75, 3.05) is 18.1 Å². The number of thiocarbonyl (C=S) groups is 1. The van der Waals surface area contributed by atoms with Gasteiger partial charge in [0.15, 0.2) is 9.84 Å². The summed E-state index contributed by atoms with van der Waals surface area (Å²) in [5, 5.41) is 2.74. The van der Waals surface area contributed by atoms with Crippen LogP contribution in [0.15, 0.2) is 27.7 Å². The lowest BCUT2D eigenvalue weighted by atomic mass is 10.2. The number of furan rings is 1. The van der Waals surface area contributed by atoms with Crippen molar-refractivity contribution < 1.29 is 22.4 Å². The van der Waals surface area contributed by atoms with Crippen molar-refractivity contribution in [1.82, 2.24) is 10.2 Å². The second-order valence-electron chi connectivity index (χ2n) is 6.12. The Morgan fingerprint density at radius 2 is 2.31 bits per heavy atom. The predicted molar refractivity (Wildman–Crippen MR) is 103 cm³/mol. The number of rotatable bonds is 6. The molecule has 0 aliphatic carbocycles. The Morgan fingerprint density at radius 1 is 1.50 bits per heavy atom. The summed E-state index contributed by atoms with van der Waals surface area (Å²) in [6, 6.07) is 3.18. The van der Waals surface area contributed by atoms with Crippen molar-refractivity contribution in [2.45, 2.75) is 25.3 Å². The largest absolute Gasteiger partial charge is 0.465 e. The molecule has 0 saturated carbocycles. The van der Waals surface area contributed by atoms with Gasteiger partial charge in [-0.2, -0.15) is 0 Å². The van der Waals surface area contributed by atoms with E-state index < -0.39 is 9.84 Å². The molecule has 1 N–H and O–H groups in total. The molecule has 3 rings (SSSR count). The molecule has 0 radical (unpaired) electrons. The van der Waals surface area contributed by atoms with Crippen LogP contribution in [-0.2, 0) is 19.4 Å². The van der Waals surface area contributed by atoms with Crippen LogP contribution in [0, 0.1) is 0 Å². The number of carbonyl (C=O) groups excluding carboxylic acids is 2. The molecule has 10 heteroatoms. The Labute approximate surface area is 161 Å². The van der Waals surface area contributed by atoms with E-state index in [2.05, 4.69) is 5.32 Å². The number of amides is 2. The topological polar surface area (TPSA) is 96.7 Å². The monoisotopic (exact) mass is 414 g/mol. The van der Waals surface area contributed by atoms with Gasteiger partial charge >= 0.3 is 0 Å². The minimum atomic E-state index is -3.02. The zero-order valence-electron chi connectivity index (χ0n) is 13.8. The Balaban J connectivity index is 1.46. The lowest BCUT2D eigenvalue weighted by Gasteiger charge is -2.15. The van der Waals surface area contributed by atoms with Crippen LogP contribution in [0.3, 0.4) is 0 Å². The number of carbonyl (C=O) groups is 2. The van der Waals surface area contributed by atoms with Crippen LogP contribution >= 0.6 is 24.0 Å². The van der Waals surface area contributed by atoms with Crippen LogP contribution in [0.25, 0.3) is 6.08 Å². The Bertz CT molecular complexity index is 845. The van der Waals surface area contributed by atoms with Crippen LogP contribution in [0.5, 0.6) is 0 Å². The molecule has 2 amide bonds. The summed E-state index contributed by atoms with van der Waals surface area (Å²) in [6.07, 6.45) is 4.30. The van der Waals surface area contributed by atoms with Gasteiger partial charge in [-0.25, -0.2) is 8.42 Å². The molecule has 26 heavy (non-hydrogen) atoms. The van der Waals surface area contributed by atoms with Gasteiger partial charge in [-0.05, 0) is 25.0 Å². The van der Waals surface area contributed by atoms with E-state index in [0.717, 1.165) is 0 Å². The molecule has 2 saturated heterocycles. The van der Waals surface area contributed by atoms with Gasteiger partial charge in [-0.3, -0.25) is 14.5 Å². The minimum Gasteiger partial charge on any atom is -0.465 e. The second kappa shape index (κ2) is 7.93. The van der Waals surface area contributed by atoms with Crippen molar-refractivity contribution in [3.63, 3.8) is 0 Å². The van der Waals surface area contributed by atoms with Crippen molar-refractivity contribution in [2.24, 2.45) is 0 Å². The lowest BCUT2D eigenvalue weighted by molar-refractivity contribution is -0.124. The zero-order chi connectivity index (χ0) is 18.7. The van der Waals surface area contributed by atoms with E-state index in [0.29, 0.717) is 34.4 Å². The number of thioether (sulfide) groups is 1. The maximum atomic E-state index is 12.4. The smallest absolute Gasteiger partial charge is 0.266 e. The fraction of sp³-hybridized carbons (Fsp3) is 0.438. The van der Waals surface area contributed by atoms with Crippen LogP contribution < -0.4 is 5.32 Å². The normalized spacial score (nSPS) is 23.8. The molecule has 2 aliphatic heterocycles. The molecule has 7 nitrogen and oxygen atoms in total. The van der Waals surface area contributed by atoms with Gasteiger partial charge in [0.05, 0.1) is 22.7 Å². The highest BCUT2D eigenvalue weighted by Gasteiger charge is 2.32. The van der Waals surface area contributed by atoms with Gasteiger partial charge in [0.25, 0.3) is 5.91 Å². The first-order valence-corrected chi connectivity index (χ1v) is 11.2. The van der Waals surface area contributed by atoms with E-state index in [9.17, 15) is 18.0 Å². The summed E-state index contributed by atoms with van der Waals surface area (Å²) in [5.41, 5.74) is 0. The number of nitrogens with one attached hydrogen (secondary N) is 1. The first kappa shape index (κ1) is 19.1. The number of hydrogen-bond donors (Lipinski definition) is 1. The van der Waals surface area contributed by atoms with Crippen molar-refractivity contribution >= 4 is 56.0 Å². The molecular formula is C16H18N2O5S3. The van der Waals surface area contributed by atoms with E-state index in [1.165, 1.54) is 22.9 Å². The Morgan fingerprint density at radius 3 is 2.96 bits per heavy atom. The summed E-state index contributed by atoms with van der Waals surface area (Å²) in [5.74, 6) is 0.306. The van der Waals surface area contributed by atoms with Gasteiger partial charge in [-0.1, -0.05) is 24.0 Å². The maximum Gasteiger partial charge on any atom is 0.266 e. The quantitative estimate of drug-likeness (QED) is 0.557. The Kier molecular flexibility index (Phi) is 5.83. The fourth-order valence-electron chi connectivity index (χ4n) is 2.80. The molecule has 2 fully saturated rings. The Hall–Kier alpha value is -1.65. The van der Waals surface area contributed by atoms with Gasteiger partial charge < -0.3 is 9.73 Å². The summed E-state index contributed by atoms with van der Waals surface area (Å²) in [4.78, 5) is 26.3. The minimum absolute atomic E-state index is 0.00497. The average Bonchev–Trinajstić information content (AvgIpc) is 3.25. The molecule has 1 aromatic heterocycles. The first-order valence-electron chi connectivity index (χ1n) is 8.13. The van der Waals surface area contributed by atoms with Crippen molar-refractivity contribution in [1.29, 1.82) is 0 Å². The fourth-order valence-corrected chi connectivity index (χ4v) is 5.76. The van der Waals surface area contributed by atoms with Gasteiger partial charge in [0.2, 0.25) is 5.91 Å². The molecule has 0 bridgehead atoms. The van der Waals surface area contributed by atoms with E-state index in [1.807, 2.05) is 0 Å². The first-order chi connectivity index (χ1) is 12.3. The summed E-state index contributed by atoms with van der Waals surface area (Å²) < 4.78 is 28.5.